The van der Waals surface area contributed by atoms with Crippen molar-refractivity contribution in [2.24, 2.45) is 46.3 Å². The lowest BCUT2D eigenvalue weighted by atomic mass is 9.47. The molecule has 0 aliphatic heterocycles. The molecule has 0 heterocycles. The van der Waals surface area contributed by atoms with E-state index >= 15 is 0 Å². The van der Waals surface area contributed by atoms with Crippen molar-refractivity contribution in [3.8, 4) is 0 Å². The third-order valence-corrected chi connectivity index (χ3v) is 12.0. The van der Waals surface area contributed by atoms with E-state index in [1.165, 1.54) is 51.4 Å². The van der Waals surface area contributed by atoms with E-state index in [1.54, 1.807) is 12.5 Å². The molecule has 0 radical (unpaired) electrons. The Morgan fingerprint density at radius 2 is 1.86 bits per heavy atom. The van der Waals surface area contributed by atoms with Crippen LogP contribution in [0.25, 0.3) is 0 Å². The summed E-state index contributed by atoms with van der Waals surface area (Å²) in [6.07, 6.45) is 17.4. The number of carbonyl (C=O) groups is 1. The maximum atomic E-state index is 12.6. The van der Waals surface area contributed by atoms with Crippen LogP contribution in [0.4, 0.5) is 0 Å². The van der Waals surface area contributed by atoms with Gasteiger partial charge in [-0.15, -0.1) is 11.6 Å². The van der Waals surface area contributed by atoms with E-state index in [-0.39, 0.29) is 12.1 Å². The molecule has 35 heavy (non-hydrogen) atoms. The largest absolute Gasteiger partial charge is 0.461 e. The number of alkyl halides is 1. The van der Waals surface area contributed by atoms with E-state index in [0.717, 1.165) is 54.8 Å². The summed E-state index contributed by atoms with van der Waals surface area (Å²) < 4.78 is 5.94. The van der Waals surface area contributed by atoms with Crippen molar-refractivity contribution >= 4 is 17.6 Å². The Balaban J connectivity index is 1.44. The highest BCUT2D eigenvalue weighted by Gasteiger charge is 2.59. The quantitative estimate of drug-likeness (QED) is 0.187. The summed E-state index contributed by atoms with van der Waals surface area (Å²) in [5.74, 6) is 4.92. The zero-order valence-electron chi connectivity index (χ0n) is 23.8. The third kappa shape index (κ3) is 5.13. The zero-order chi connectivity index (χ0) is 25.6. The van der Waals surface area contributed by atoms with Crippen LogP contribution in [-0.4, -0.2) is 16.9 Å². The van der Waals surface area contributed by atoms with E-state index in [0.29, 0.717) is 17.3 Å². The number of hydrogen-bond donors (Lipinski definition) is 0. The third-order valence-electron chi connectivity index (χ3n) is 11.6. The molecule has 3 saturated carbocycles. The fourth-order valence-corrected chi connectivity index (χ4v) is 9.22. The number of carbonyl (C=O) groups excluding carboxylic acids is 1. The number of esters is 1. The summed E-state index contributed by atoms with van der Waals surface area (Å²) in [5.41, 5.74) is 2.41. The fourth-order valence-electron chi connectivity index (χ4n) is 9.17. The number of halogens is 1. The minimum absolute atomic E-state index is 0.000550. The van der Waals surface area contributed by atoms with Crippen LogP contribution in [0.2, 0.25) is 0 Å². The second kappa shape index (κ2) is 10.3. The van der Waals surface area contributed by atoms with Gasteiger partial charge in [-0.2, -0.15) is 0 Å². The molecule has 3 fully saturated rings. The maximum Gasteiger partial charge on any atom is 0.327 e. The van der Waals surface area contributed by atoms with E-state index in [1.807, 2.05) is 6.92 Å². The summed E-state index contributed by atoms with van der Waals surface area (Å²) in [5, 5.41) is 0. The molecule has 4 aliphatic rings. The van der Waals surface area contributed by atoms with Gasteiger partial charge in [0.25, 0.3) is 0 Å². The van der Waals surface area contributed by atoms with Crippen molar-refractivity contribution in [3.05, 3.63) is 11.6 Å². The van der Waals surface area contributed by atoms with E-state index in [2.05, 4.69) is 40.7 Å². The summed E-state index contributed by atoms with van der Waals surface area (Å²) >= 11 is 6.40. The first kappa shape index (κ1) is 27.5. The van der Waals surface area contributed by atoms with Crippen LogP contribution >= 0.6 is 11.6 Å². The Labute approximate surface area is 221 Å². The second-order valence-electron chi connectivity index (χ2n) is 14.1. The van der Waals surface area contributed by atoms with Crippen LogP contribution in [0.5, 0.6) is 0 Å². The predicted molar refractivity (Wildman–Crippen MR) is 147 cm³/mol. The monoisotopic (exact) mass is 504 g/mol. The van der Waals surface area contributed by atoms with Crippen LogP contribution in [-0.2, 0) is 9.53 Å². The van der Waals surface area contributed by atoms with Gasteiger partial charge in [-0.25, -0.2) is 0 Å². The lowest BCUT2D eigenvalue weighted by Crippen LogP contribution is -2.51. The van der Waals surface area contributed by atoms with E-state index < -0.39 is 4.87 Å². The predicted octanol–water partition coefficient (Wildman–Crippen LogP) is 9.35. The number of fused-ring (bicyclic) bond motifs is 5. The fraction of sp³-hybridized carbons (Fsp3) is 0.906. The molecular formula is C32H53ClO2. The van der Waals surface area contributed by atoms with Crippen molar-refractivity contribution in [2.45, 2.75) is 136 Å². The highest BCUT2D eigenvalue weighted by molar-refractivity contribution is 6.33. The molecule has 0 spiro atoms. The van der Waals surface area contributed by atoms with Gasteiger partial charge in [0.05, 0.1) is 0 Å². The molecule has 0 aromatic heterocycles. The first-order chi connectivity index (χ1) is 16.4. The standard InChI is InChI=1S/C32H53ClO2/c1-8-32(7,33)29(34)35-24-16-18-30(5)23(20-24)12-13-25-27-15-14-26(22(4)11-9-10-21(2)3)31(27,6)19-17-28(25)30/h12,21-22,24-28H,8-11,13-20H2,1-7H3. The maximum absolute atomic E-state index is 12.6. The van der Waals surface area contributed by atoms with Gasteiger partial charge in [0, 0.05) is 6.42 Å². The van der Waals surface area contributed by atoms with Crippen molar-refractivity contribution in [1.82, 2.24) is 0 Å². The summed E-state index contributed by atoms with van der Waals surface area (Å²) in [6.45, 7) is 16.3. The van der Waals surface area contributed by atoms with Gasteiger partial charge in [0.15, 0.2) is 0 Å². The number of ether oxygens (including phenoxy) is 1. The highest BCUT2D eigenvalue weighted by atomic mass is 35.5. The van der Waals surface area contributed by atoms with Crippen molar-refractivity contribution < 1.29 is 9.53 Å². The molecule has 4 aliphatic carbocycles. The molecule has 4 rings (SSSR count). The lowest BCUT2D eigenvalue weighted by molar-refractivity contribution is -0.154. The zero-order valence-corrected chi connectivity index (χ0v) is 24.6. The number of rotatable bonds is 8. The van der Waals surface area contributed by atoms with Crippen molar-refractivity contribution in [2.75, 3.05) is 0 Å². The number of hydrogen-bond acceptors (Lipinski definition) is 2. The Bertz CT molecular complexity index is 799. The van der Waals surface area contributed by atoms with Crippen LogP contribution in [0, 0.1) is 46.3 Å². The van der Waals surface area contributed by atoms with Crippen LogP contribution < -0.4 is 0 Å². The van der Waals surface area contributed by atoms with Gasteiger partial charge < -0.3 is 4.74 Å². The summed E-state index contributed by atoms with van der Waals surface area (Å²) in [7, 11) is 0. The molecule has 0 amide bonds. The molecule has 200 valence electrons. The molecule has 9 atom stereocenters. The molecule has 9 unspecified atom stereocenters. The summed E-state index contributed by atoms with van der Waals surface area (Å²) in [4.78, 5) is 11.7. The first-order valence-electron chi connectivity index (χ1n) is 15.0. The molecule has 2 nitrogen and oxygen atoms in total. The minimum atomic E-state index is -0.897. The van der Waals surface area contributed by atoms with Gasteiger partial charge in [-0.1, -0.05) is 72.5 Å². The number of allylic oxidation sites excluding steroid dienone is 1. The van der Waals surface area contributed by atoms with Gasteiger partial charge >= 0.3 is 5.97 Å². The summed E-state index contributed by atoms with van der Waals surface area (Å²) in [6, 6.07) is 0. The van der Waals surface area contributed by atoms with Gasteiger partial charge in [-0.3, -0.25) is 4.79 Å². The van der Waals surface area contributed by atoms with Crippen molar-refractivity contribution in [1.29, 1.82) is 0 Å². The lowest BCUT2D eigenvalue weighted by Gasteiger charge is -2.58. The molecule has 0 saturated heterocycles. The molecule has 3 heteroatoms. The molecule has 0 aromatic rings. The normalized spacial score (nSPS) is 41.3. The second-order valence-corrected chi connectivity index (χ2v) is 14.9. The SMILES string of the molecule is CCC(C)(Cl)C(=O)OC1CCC2(C)C(=CCC3C2CCC2(C)C(C(C)CCCC(C)C)CCC32)C1. The van der Waals surface area contributed by atoms with E-state index in [9.17, 15) is 4.79 Å². The molecule has 0 bridgehead atoms. The van der Waals surface area contributed by atoms with Crippen LogP contribution in [0.3, 0.4) is 0 Å². The molecule has 0 aromatic carbocycles. The van der Waals surface area contributed by atoms with Gasteiger partial charge in [0.1, 0.15) is 11.0 Å². The first-order valence-corrected chi connectivity index (χ1v) is 15.4. The van der Waals surface area contributed by atoms with E-state index in [4.69, 9.17) is 16.3 Å². The smallest absolute Gasteiger partial charge is 0.327 e. The van der Waals surface area contributed by atoms with Gasteiger partial charge in [-0.05, 0) is 105 Å². The Morgan fingerprint density at radius 1 is 1.11 bits per heavy atom. The highest BCUT2D eigenvalue weighted by Crippen LogP contribution is 2.67. The average Bonchev–Trinajstić information content (AvgIpc) is 3.16. The van der Waals surface area contributed by atoms with Crippen LogP contribution in [0.1, 0.15) is 126 Å². The van der Waals surface area contributed by atoms with Crippen molar-refractivity contribution in [3.63, 3.8) is 0 Å². The Kier molecular flexibility index (Phi) is 8.13. The Morgan fingerprint density at radius 3 is 2.54 bits per heavy atom. The molecular weight excluding hydrogens is 452 g/mol. The van der Waals surface area contributed by atoms with Gasteiger partial charge in [0.2, 0.25) is 0 Å². The topological polar surface area (TPSA) is 26.3 Å². The minimum Gasteiger partial charge on any atom is -0.461 e. The Hall–Kier alpha value is -0.500. The van der Waals surface area contributed by atoms with Crippen LogP contribution in [0.15, 0.2) is 11.6 Å². The molecule has 0 N–H and O–H groups in total. The average molecular weight is 505 g/mol.